The fourth-order valence-corrected chi connectivity index (χ4v) is 3.95. The molecule has 1 aromatic heterocycles. The molecule has 0 unspecified atom stereocenters. The van der Waals surface area contributed by atoms with Gasteiger partial charge in [-0.2, -0.15) is 5.10 Å². The fraction of sp³-hybridized carbons (Fsp3) is 0.300. The second kappa shape index (κ2) is 6.76. The molecule has 1 aliphatic carbocycles. The van der Waals surface area contributed by atoms with E-state index in [-0.39, 0.29) is 5.56 Å². The van der Waals surface area contributed by atoms with Crippen LogP contribution in [0.4, 0.5) is 4.39 Å². The summed E-state index contributed by atoms with van der Waals surface area (Å²) in [6.07, 6.45) is 6.37. The molecular weight excluding hydrogens is 349 g/mol. The lowest BCUT2D eigenvalue weighted by atomic mass is 9.91. The minimum absolute atomic E-state index is 0.0416. The van der Waals surface area contributed by atoms with E-state index in [9.17, 15) is 9.18 Å². The zero-order valence-corrected chi connectivity index (χ0v) is 15.6. The maximum Gasteiger partial charge on any atom is 0.264 e. The van der Waals surface area contributed by atoms with Crippen LogP contribution in [0.15, 0.2) is 30.3 Å². The summed E-state index contributed by atoms with van der Waals surface area (Å²) in [5.74, 6) is -0.971. The molecular formula is C20H20FN3OS. The van der Waals surface area contributed by atoms with Gasteiger partial charge in [0.25, 0.3) is 5.91 Å². The van der Waals surface area contributed by atoms with Crippen LogP contribution in [0.3, 0.4) is 0 Å². The molecule has 3 aromatic rings. The van der Waals surface area contributed by atoms with Crippen LogP contribution in [0.1, 0.15) is 40.0 Å². The highest BCUT2D eigenvalue weighted by Gasteiger charge is 2.18. The Balaban J connectivity index is 1.84. The van der Waals surface area contributed by atoms with Crippen LogP contribution in [0.2, 0.25) is 0 Å². The van der Waals surface area contributed by atoms with E-state index in [2.05, 4.69) is 22.0 Å². The first kappa shape index (κ1) is 17.1. The molecule has 1 aliphatic rings. The van der Waals surface area contributed by atoms with Gasteiger partial charge in [-0.1, -0.05) is 18.0 Å². The van der Waals surface area contributed by atoms with Crippen LogP contribution in [0.5, 0.6) is 0 Å². The zero-order valence-electron chi connectivity index (χ0n) is 14.8. The van der Waals surface area contributed by atoms with Crippen molar-refractivity contribution < 1.29 is 9.18 Å². The van der Waals surface area contributed by atoms with E-state index in [0.29, 0.717) is 5.52 Å². The maximum absolute atomic E-state index is 14.6. The number of hydrogen-bond acceptors (Lipinski definition) is 3. The summed E-state index contributed by atoms with van der Waals surface area (Å²) in [4.78, 5) is 12.1. The van der Waals surface area contributed by atoms with E-state index >= 15 is 0 Å². The van der Waals surface area contributed by atoms with Crippen molar-refractivity contribution in [1.82, 2.24) is 14.5 Å². The Morgan fingerprint density at radius 1 is 1.19 bits per heavy atom. The van der Waals surface area contributed by atoms with Crippen molar-refractivity contribution in [3.05, 3.63) is 58.5 Å². The number of nitrogens with one attached hydrogen (secondary N) is 1. The Hall–Kier alpha value is -2.34. The summed E-state index contributed by atoms with van der Waals surface area (Å²) < 4.78 is 18.9. The standard InChI is InChI=1S/C20H20FN3OS/c1-12-16-10-17(20(25)23-26-2)18(21)11-19(16)24(22-12)15-8-7-13-5-3-4-6-14(13)9-15/h7-11H,3-6H2,1-2H3,(H,23,25). The van der Waals surface area contributed by atoms with Gasteiger partial charge >= 0.3 is 0 Å². The molecule has 1 amide bonds. The van der Waals surface area contributed by atoms with Crippen molar-refractivity contribution in [3.8, 4) is 5.69 Å². The largest absolute Gasteiger partial charge is 0.296 e. The lowest BCUT2D eigenvalue weighted by Gasteiger charge is -2.16. The third-order valence-corrected chi connectivity index (χ3v) is 5.36. The van der Waals surface area contributed by atoms with Gasteiger partial charge in [0, 0.05) is 17.7 Å². The first-order valence-electron chi connectivity index (χ1n) is 8.73. The SMILES string of the molecule is CSNC(=O)c1cc2c(C)nn(-c3ccc4c(c3)CCCC4)c2cc1F. The van der Waals surface area contributed by atoms with E-state index < -0.39 is 11.7 Å². The van der Waals surface area contributed by atoms with Gasteiger partial charge in [-0.3, -0.25) is 9.52 Å². The number of hydrogen-bond donors (Lipinski definition) is 1. The van der Waals surface area contributed by atoms with Crippen LogP contribution < -0.4 is 4.72 Å². The molecule has 26 heavy (non-hydrogen) atoms. The molecule has 4 nitrogen and oxygen atoms in total. The molecule has 6 heteroatoms. The minimum Gasteiger partial charge on any atom is -0.296 e. The zero-order chi connectivity index (χ0) is 18.3. The van der Waals surface area contributed by atoms with Crippen LogP contribution in [0.25, 0.3) is 16.6 Å². The predicted molar refractivity (Wildman–Crippen MR) is 103 cm³/mol. The molecule has 0 radical (unpaired) electrons. The smallest absolute Gasteiger partial charge is 0.264 e. The van der Waals surface area contributed by atoms with Gasteiger partial charge in [-0.15, -0.1) is 0 Å². The van der Waals surface area contributed by atoms with Crippen LogP contribution in [0, 0.1) is 12.7 Å². The minimum atomic E-state index is -0.539. The molecule has 0 fully saturated rings. The third-order valence-electron chi connectivity index (χ3n) is 4.97. The average molecular weight is 369 g/mol. The van der Waals surface area contributed by atoms with Gasteiger partial charge < -0.3 is 0 Å². The van der Waals surface area contributed by atoms with E-state index in [0.717, 1.165) is 41.6 Å². The molecule has 0 atom stereocenters. The monoisotopic (exact) mass is 369 g/mol. The Bertz CT molecular complexity index is 1010. The number of carbonyl (C=O) groups excluding carboxylic acids is 1. The highest BCUT2D eigenvalue weighted by atomic mass is 32.2. The molecule has 134 valence electrons. The maximum atomic E-state index is 14.6. The molecule has 4 rings (SSSR count). The van der Waals surface area contributed by atoms with Gasteiger partial charge in [0.1, 0.15) is 5.82 Å². The van der Waals surface area contributed by atoms with Gasteiger partial charge in [-0.05, 0) is 61.9 Å². The van der Waals surface area contributed by atoms with Crippen molar-refractivity contribution in [3.63, 3.8) is 0 Å². The Kier molecular flexibility index (Phi) is 4.44. The van der Waals surface area contributed by atoms with Crippen LogP contribution in [-0.4, -0.2) is 21.9 Å². The van der Waals surface area contributed by atoms with Gasteiger partial charge in [0.05, 0.1) is 22.5 Å². The molecule has 1 heterocycles. The van der Waals surface area contributed by atoms with E-state index in [1.54, 1.807) is 17.0 Å². The van der Waals surface area contributed by atoms with Crippen LogP contribution in [-0.2, 0) is 12.8 Å². The number of aryl methyl sites for hydroxylation is 3. The van der Waals surface area contributed by atoms with Crippen molar-refractivity contribution in [2.45, 2.75) is 32.6 Å². The number of benzene rings is 2. The van der Waals surface area contributed by atoms with Gasteiger partial charge in [-0.25, -0.2) is 9.07 Å². The van der Waals surface area contributed by atoms with Crippen molar-refractivity contribution in [2.24, 2.45) is 0 Å². The second-order valence-corrected chi connectivity index (χ2v) is 7.25. The lowest BCUT2D eigenvalue weighted by Crippen LogP contribution is -2.16. The van der Waals surface area contributed by atoms with Crippen molar-refractivity contribution in [2.75, 3.05) is 6.26 Å². The summed E-state index contributed by atoms with van der Waals surface area (Å²) in [7, 11) is 0. The lowest BCUT2D eigenvalue weighted by molar-refractivity contribution is 0.0981. The molecule has 0 saturated heterocycles. The second-order valence-electron chi connectivity index (χ2n) is 6.64. The highest BCUT2D eigenvalue weighted by Crippen LogP contribution is 2.28. The number of halogens is 1. The number of nitrogens with zero attached hydrogens (tertiary/aromatic N) is 2. The Labute approximate surface area is 155 Å². The summed E-state index contributed by atoms with van der Waals surface area (Å²) in [5, 5.41) is 5.40. The summed E-state index contributed by atoms with van der Waals surface area (Å²) in [5.41, 5.74) is 5.18. The number of fused-ring (bicyclic) bond motifs is 2. The number of carbonyl (C=O) groups is 1. The highest BCUT2D eigenvalue weighted by molar-refractivity contribution is 7.97. The fourth-order valence-electron chi connectivity index (χ4n) is 3.66. The summed E-state index contributed by atoms with van der Waals surface area (Å²) in [6, 6.07) is 9.36. The average Bonchev–Trinajstić information content (AvgIpc) is 2.96. The predicted octanol–water partition coefficient (Wildman–Crippen LogP) is 4.36. The van der Waals surface area contributed by atoms with E-state index in [4.69, 9.17) is 0 Å². The van der Waals surface area contributed by atoms with Gasteiger partial charge in [0.2, 0.25) is 0 Å². The molecule has 1 N–H and O–H groups in total. The van der Waals surface area contributed by atoms with Crippen LogP contribution >= 0.6 is 11.9 Å². The van der Waals surface area contributed by atoms with E-state index in [1.165, 1.54) is 30.0 Å². The number of aromatic nitrogens is 2. The quantitative estimate of drug-likeness (QED) is 0.698. The topological polar surface area (TPSA) is 46.9 Å². The molecule has 2 aromatic carbocycles. The van der Waals surface area contributed by atoms with E-state index in [1.807, 2.05) is 13.0 Å². The Morgan fingerprint density at radius 3 is 2.73 bits per heavy atom. The normalized spacial score (nSPS) is 13.7. The molecule has 0 bridgehead atoms. The molecule has 0 saturated carbocycles. The van der Waals surface area contributed by atoms with Gasteiger partial charge in [0.15, 0.2) is 0 Å². The summed E-state index contributed by atoms with van der Waals surface area (Å²) in [6.45, 7) is 1.88. The summed E-state index contributed by atoms with van der Waals surface area (Å²) >= 11 is 1.15. The number of amides is 1. The third kappa shape index (κ3) is 2.88. The number of rotatable bonds is 3. The van der Waals surface area contributed by atoms with Crippen molar-refractivity contribution in [1.29, 1.82) is 0 Å². The van der Waals surface area contributed by atoms with Crippen molar-refractivity contribution >= 4 is 28.8 Å². The molecule has 0 spiro atoms. The molecule has 0 aliphatic heterocycles. The Morgan fingerprint density at radius 2 is 1.96 bits per heavy atom. The first-order valence-corrected chi connectivity index (χ1v) is 9.95. The first-order chi connectivity index (χ1) is 12.6.